The summed E-state index contributed by atoms with van der Waals surface area (Å²) < 4.78 is 1.94. The van der Waals surface area contributed by atoms with Gasteiger partial charge in [0.2, 0.25) is 4.96 Å². The molecule has 0 bridgehead atoms. The van der Waals surface area contributed by atoms with Crippen molar-refractivity contribution in [1.29, 1.82) is 0 Å². The Hall–Kier alpha value is -2.90. The van der Waals surface area contributed by atoms with Gasteiger partial charge in [-0.25, -0.2) is 9.31 Å². The number of amides is 2. The van der Waals surface area contributed by atoms with Gasteiger partial charge in [0.15, 0.2) is 5.82 Å². The molecule has 2 aromatic carbocycles. The number of hydrogen-bond donors (Lipinski definition) is 1. The number of nitrogens with one attached hydrogen (secondary N) is 1. The topological polar surface area (TPSA) is 62.5 Å². The zero-order chi connectivity index (χ0) is 20.8. The number of nitrogens with zero attached hydrogens (tertiary/aromatic N) is 4. The van der Waals surface area contributed by atoms with Gasteiger partial charge in [0.1, 0.15) is 0 Å². The molecule has 1 aliphatic rings. The van der Waals surface area contributed by atoms with Crippen LogP contribution in [0.2, 0.25) is 5.02 Å². The molecule has 4 aromatic rings. The molecule has 0 atom stereocenters. The van der Waals surface area contributed by atoms with Crippen LogP contribution in [0.15, 0.2) is 42.5 Å². The number of anilines is 1. The summed E-state index contributed by atoms with van der Waals surface area (Å²) >= 11 is 7.77. The first-order chi connectivity index (χ1) is 14.5. The number of thiazole rings is 1. The summed E-state index contributed by atoms with van der Waals surface area (Å²) in [6, 6.07) is 13.6. The minimum Gasteiger partial charge on any atom is -0.319 e. The third kappa shape index (κ3) is 3.34. The monoisotopic (exact) mass is 437 g/mol. The Labute approximate surface area is 183 Å². The van der Waals surface area contributed by atoms with Crippen LogP contribution >= 0.6 is 22.9 Å². The van der Waals surface area contributed by atoms with Crippen molar-refractivity contribution in [2.75, 3.05) is 11.9 Å². The van der Waals surface area contributed by atoms with Crippen molar-refractivity contribution < 1.29 is 4.79 Å². The minimum absolute atomic E-state index is 0.120. The van der Waals surface area contributed by atoms with E-state index in [1.807, 2.05) is 46.7 Å². The lowest BCUT2D eigenvalue weighted by atomic mass is 10.1. The van der Waals surface area contributed by atoms with E-state index in [1.54, 1.807) is 11.3 Å². The highest BCUT2D eigenvalue weighted by Gasteiger charge is 2.26. The predicted octanol–water partition coefficient (Wildman–Crippen LogP) is 5.32. The van der Waals surface area contributed by atoms with Crippen LogP contribution in [-0.4, -0.2) is 32.1 Å². The molecule has 0 saturated heterocycles. The zero-order valence-corrected chi connectivity index (χ0v) is 18.2. The summed E-state index contributed by atoms with van der Waals surface area (Å²) in [4.78, 5) is 21.3. The molecule has 0 saturated carbocycles. The lowest BCUT2D eigenvalue weighted by molar-refractivity contribution is 0.206. The van der Waals surface area contributed by atoms with Gasteiger partial charge in [-0.3, -0.25) is 0 Å². The van der Waals surface area contributed by atoms with E-state index in [4.69, 9.17) is 21.7 Å². The second-order valence-electron chi connectivity index (χ2n) is 7.48. The molecule has 3 heterocycles. The average Bonchev–Trinajstić information content (AvgIpc) is 3.29. The van der Waals surface area contributed by atoms with Gasteiger partial charge in [-0.1, -0.05) is 58.8 Å². The van der Waals surface area contributed by atoms with Crippen molar-refractivity contribution >= 4 is 39.6 Å². The van der Waals surface area contributed by atoms with Crippen LogP contribution in [0.3, 0.4) is 0 Å². The summed E-state index contributed by atoms with van der Waals surface area (Å²) in [5.41, 5.74) is 4.97. The standard InChI is InChI=1S/C22H20ClN5OS/c1-13-6-8-15(9-7-13)20-25-22-28(26-20)18-10-11-27(12-19(18)30-22)21(29)24-17-5-3-4-16(23)14(17)2/h3-9H,10-12H2,1-2H3,(H,24,29). The maximum atomic E-state index is 12.8. The molecular formula is C22H20ClN5OS. The normalized spacial score (nSPS) is 13.5. The van der Waals surface area contributed by atoms with Gasteiger partial charge in [0.05, 0.1) is 12.2 Å². The minimum atomic E-state index is -0.120. The SMILES string of the molecule is Cc1ccc(-c2nc3sc4c(n3n2)CCN(C(=O)Nc2cccc(Cl)c2C)C4)cc1. The number of urea groups is 1. The maximum absolute atomic E-state index is 12.8. The number of fused-ring (bicyclic) bond motifs is 3. The number of halogens is 1. The van der Waals surface area contributed by atoms with Gasteiger partial charge in [-0.05, 0) is 31.5 Å². The molecule has 2 aromatic heterocycles. The van der Waals surface area contributed by atoms with E-state index >= 15 is 0 Å². The third-order valence-electron chi connectivity index (χ3n) is 5.43. The second kappa shape index (κ2) is 7.41. The first-order valence-corrected chi connectivity index (χ1v) is 10.9. The Kier molecular flexibility index (Phi) is 4.72. The highest BCUT2D eigenvalue weighted by atomic mass is 35.5. The summed E-state index contributed by atoms with van der Waals surface area (Å²) in [7, 11) is 0. The molecule has 8 heteroatoms. The van der Waals surface area contributed by atoms with Gasteiger partial charge >= 0.3 is 6.03 Å². The first-order valence-electron chi connectivity index (χ1n) is 9.75. The van der Waals surface area contributed by atoms with Crippen LogP contribution in [0.25, 0.3) is 16.3 Å². The van der Waals surface area contributed by atoms with Gasteiger partial charge in [-0.2, -0.15) is 4.98 Å². The van der Waals surface area contributed by atoms with Crippen molar-refractivity contribution in [2.45, 2.75) is 26.8 Å². The van der Waals surface area contributed by atoms with Crippen LogP contribution in [0.4, 0.5) is 10.5 Å². The van der Waals surface area contributed by atoms with Crippen molar-refractivity contribution in [1.82, 2.24) is 19.5 Å². The van der Waals surface area contributed by atoms with Crippen LogP contribution in [0.1, 0.15) is 21.7 Å². The molecular weight excluding hydrogens is 418 g/mol. The van der Waals surface area contributed by atoms with E-state index in [2.05, 4.69) is 24.4 Å². The fourth-order valence-corrected chi connectivity index (χ4v) is 4.92. The molecule has 0 spiro atoms. The summed E-state index contributed by atoms with van der Waals surface area (Å²) in [6.07, 6.45) is 0.744. The summed E-state index contributed by atoms with van der Waals surface area (Å²) in [5.74, 6) is 0.737. The molecule has 0 fully saturated rings. The van der Waals surface area contributed by atoms with Crippen LogP contribution in [-0.2, 0) is 13.0 Å². The van der Waals surface area contributed by atoms with Crippen molar-refractivity contribution in [3.63, 3.8) is 0 Å². The average molecular weight is 438 g/mol. The zero-order valence-electron chi connectivity index (χ0n) is 16.6. The summed E-state index contributed by atoms with van der Waals surface area (Å²) in [5, 5.41) is 8.35. The number of carbonyl (C=O) groups excluding carboxylic acids is 1. The number of benzene rings is 2. The highest BCUT2D eigenvalue weighted by molar-refractivity contribution is 7.17. The number of aryl methyl sites for hydroxylation is 1. The van der Waals surface area contributed by atoms with Crippen LogP contribution in [0, 0.1) is 13.8 Å². The molecule has 1 aliphatic heterocycles. The van der Waals surface area contributed by atoms with E-state index in [0.717, 1.165) is 44.6 Å². The Balaban J connectivity index is 1.36. The quantitative estimate of drug-likeness (QED) is 0.461. The smallest absolute Gasteiger partial charge is 0.319 e. The van der Waals surface area contributed by atoms with Crippen LogP contribution < -0.4 is 5.32 Å². The maximum Gasteiger partial charge on any atom is 0.322 e. The predicted molar refractivity (Wildman–Crippen MR) is 120 cm³/mol. The highest BCUT2D eigenvalue weighted by Crippen LogP contribution is 2.30. The fraction of sp³-hybridized carbons (Fsp3) is 0.227. The molecule has 0 radical (unpaired) electrons. The fourth-order valence-electron chi connectivity index (χ4n) is 3.62. The van der Waals surface area contributed by atoms with Gasteiger partial charge in [0, 0.05) is 34.1 Å². The molecule has 1 N–H and O–H groups in total. The van der Waals surface area contributed by atoms with E-state index in [0.29, 0.717) is 18.1 Å². The first kappa shape index (κ1) is 19.1. The largest absolute Gasteiger partial charge is 0.322 e. The number of hydrogen-bond acceptors (Lipinski definition) is 4. The molecule has 30 heavy (non-hydrogen) atoms. The Morgan fingerprint density at radius 3 is 2.77 bits per heavy atom. The van der Waals surface area contributed by atoms with E-state index in [1.165, 1.54) is 5.56 Å². The molecule has 6 nitrogen and oxygen atoms in total. The summed E-state index contributed by atoms with van der Waals surface area (Å²) in [6.45, 7) is 5.15. The van der Waals surface area contributed by atoms with Crippen molar-refractivity contribution in [3.05, 3.63) is 69.2 Å². The van der Waals surface area contributed by atoms with E-state index in [9.17, 15) is 4.79 Å². The van der Waals surface area contributed by atoms with Gasteiger partial charge < -0.3 is 10.2 Å². The molecule has 0 aliphatic carbocycles. The Bertz CT molecular complexity index is 1260. The Morgan fingerprint density at radius 1 is 1.17 bits per heavy atom. The number of rotatable bonds is 2. The van der Waals surface area contributed by atoms with Crippen LogP contribution in [0.5, 0.6) is 0 Å². The number of carbonyl (C=O) groups is 1. The number of aromatic nitrogens is 3. The van der Waals surface area contributed by atoms with Crippen molar-refractivity contribution in [3.8, 4) is 11.4 Å². The Morgan fingerprint density at radius 2 is 1.97 bits per heavy atom. The van der Waals surface area contributed by atoms with E-state index in [-0.39, 0.29) is 6.03 Å². The van der Waals surface area contributed by atoms with Gasteiger partial charge in [-0.15, -0.1) is 5.10 Å². The molecule has 152 valence electrons. The molecule has 2 amide bonds. The third-order valence-corrected chi connectivity index (χ3v) is 6.90. The van der Waals surface area contributed by atoms with Crippen molar-refractivity contribution in [2.24, 2.45) is 0 Å². The lowest BCUT2D eigenvalue weighted by Gasteiger charge is -2.27. The van der Waals surface area contributed by atoms with Gasteiger partial charge in [0.25, 0.3) is 0 Å². The second-order valence-corrected chi connectivity index (χ2v) is 8.95. The molecule has 0 unspecified atom stereocenters. The lowest BCUT2D eigenvalue weighted by Crippen LogP contribution is -2.38. The molecule has 5 rings (SSSR count). The van der Waals surface area contributed by atoms with E-state index < -0.39 is 0 Å².